The highest BCUT2D eigenvalue weighted by atomic mass is 19.4. The molecule has 1 rings (SSSR count). The van der Waals surface area contributed by atoms with Gasteiger partial charge in [-0.1, -0.05) is 0 Å². The summed E-state index contributed by atoms with van der Waals surface area (Å²) in [4.78, 5) is 0. The number of hydrogen-bond donors (Lipinski definition) is 3. The van der Waals surface area contributed by atoms with Crippen molar-refractivity contribution >= 4 is 0 Å². The van der Waals surface area contributed by atoms with Crippen molar-refractivity contribution < 1.29 is 28.5 Å². The van der Waals surface area contributed by atoms with Crippen molar-refractivity contribution in [2.24, 2.45) is 5.92 Å². The van der Waals surface area contributed by atoms with Crippen LogP contribution in [0.15, 0.2) is 0 Å². The fourth-order valence-corrected chi connectivity index (χ4v) is 1.76. The Labute approximate surface area is 79.2 Å². The molecular formula is C8H13F3O3. The van der Waals surface area contributed by atoms with Gasteiger partial charge in [-0.05, 0) is 19.3 Å². The quantitative estimate of drug-likeness (QED) is 0.593. The molecule has 0 aromatic rings. The Kier molecular flexibility index (Phi) is 3.39. The molecule has 6 heteroatoms. The molecule has 0 radical (unpaired) electrons. The van der Waals surface area contributed by atoms with Gasteiger partial charge in [0.15, 0.2) is 6.10 Å². The van der Waals surface area contributed by atoms with E-state index in [0.29, 0.717) is 0 Å². The molecule has 84 valence electrons. The molecule has 1 aliphatic rings. The minimum atomic E-state index is -4.70. The van der Waals surface area contributed by atoms with Gasteiger partial charge in [-0.3, -0.25) is 0 Å². The monoisotopic (exact) mass is 214 g/mol. The second kappa shape index (κ2) is 4.04. The highest BCUT2D eigenvalue weighted by molar-refractivity contribution is 4.86. The smallest absolute Gasteiger partial charge is 0.393 e. The van der Waals surface area contributed by atoms with Crippen LogP contribution in [0.25, 0.3) is 0 Å². The van der Waals surface area contributed by atoms with E-state index in [0.717, 1.165) is 0 Å². The Morgan fingerprint density at radius 1 is 1.14 bits per heavy atom. The number of rotatable bonds is 1. The van der Waals surface area contributed by atoms with E-state index in [1.54, 1.807) is 0 Å². The third kappa shape index (κ3) is 2.59. The van der Waals surface area contributed by atoms with Crippen molar-refractivity contribution in [2.75, 3.05) is 0 Å². The van der Waals surface area contributed by atoms with E-state index in [9.17, 15) is 18.3 Å². The Balaban J connectivity index is 2.60. The summed E-state index contributed by atoms with van der Waals surface area (Å²) in [5, 5.41) is 27.2. The first kappa shape index (κ1) is 11.7. The van der Waals surface area contributed by atoms with Crippen LogP contribution in [0.2, 0.25) is 0 Å². The first-order valence-corrected chi connectivity index (χ1v) is 4.43. The van der Waals surface area contributed by atoms with Gasteiger partial charge in [0.05, 0.1) is 12.2 Å². The zero-order valence-corrected chi connectivity index (χ0v) is 7.41. The fraction of sp³-hybridized carbons (Fsp3) is 1.00. The summed E-state index contributed by atoms with van der Waals surface area (Å²) in [6, 6.07) is 0. The first-order chi connectivity index (χ1) is 6.32. The van der Waals surface area contributed by atoms with Gasteiger partial charge in [0, 0.05) is 5.92 Å². The predicted molar refractivity (Wildman–Crippen MR) is 41.4 cm³/mol. The molecule has 0 spiro atoms. The van der Waals surface area contributed by atoms with Crippen molar-refractivity contribution in [3.8, 4) is 0 Å². The lowest BCUT2D eigenvalue weighted by Gasteiger charge is -2.34. The van der Waals surface area contributed by atoms with Crippen molar-refractivity contribution in [1.29, 1.82) is 0 Å². The van der Waals surface area contributed by atoms with Crippen molar-refractivity contribution in [3.63, 3.8) is 0 Å². The second-order valence-corrected chi connectivity index (χ2v) is 3.68. The molecule has 14 heavy (non-hydrogen) atoms. The van der Waals surface area contributed by atoms with E-state index in [2.05, 4.69) is 0 Å². The number of aliphatic hydroxyl groups is 3. The summed E-state index contributed by atoms with van der Waals surface area (Å²) < 4.78 is 36.2. The molecule has 0 saturated heterocycles. The van der Waals surface area contributed by atoms with Gasteiger partial charge in [-0.25, -0.2) is 0 Å². The van der Waals surface area contributed by atoms with E-state index in [1.165, 1.54) is 0 Å². The maximum atomic E-state index is 12.1. The van der Waals surface area contributed by atoms with Gasteiger partial charge in [0.1, 0.15) is 0 Å². The van der Waals surface area contributed by atoms with Crippen molar-refractivity contribution in [3.05, 3.63) is 0 Å². The van der Waals surface area contributed by atoms with E-state index < -0.39 is 30.4 Å². The maximum Gasteiger partial charge on any atom is 0.414 e. The first-order valence-electron chi connectivity index (χ1n) is 4.43. The number of halogens is 3. The minimum Gasteiger partial charge on any atom is -0.393 e. The van der Waals surface area contributed by atoms with Crippen molar-refractivity contribution in [2.45, 2.75) is 43.8 Å². The topological polar surface area (TPSA) is 60.7 Å². The molecule has 0 bridgehead atoms. The van der Waals surface area contributed by atoms with Crippen molar-refractivity contribution in [1.82, 2.24) is 0 Å². The van der Waals surface area contributed by atoms with Gasteiger partial charge in [-0.15, -0.1) is 0 Å². The third-order valence-electron chi connectivity index (χ3n) is 2.58. The lowest BCUT2D eigenvalue weighted by molar-refractivity contribution is -0.234. The highest BCUT2D eigenvalue weighted by Gasteiger charge is 2.47. The molecule has 1 saturated carbocycles. The molecule has 4 atom stereocenters. The van der Waals surface area contributed by atoms with Crippen LogP contribution in [0, 0.1) is 5.92 Å². The Bertz CT molecular complexity index is 195. The molecule has 4 unspecified atom stereocenters. The molecular weight excluding hydrogens is 201 g/mol. The van der Waals surface area contributed by atoms with Gasteiger partial charge in [0.2, 0.25) is 0 Å². The van der Waals surface area contributed by atoms with Crippen LogP contribution in [-0.2, 0) is 0 Å². The molecule has 0 aromatic carbocycles. The SMILES string of the molecule is OC1CCC(C(O)C(F)(F)F)C(O)C1. The Morgan fingerprint density at radius 2 is 1.71 bits per heavy atom. The zero-order valence-electron chi connectivity index (χ0n) is 7.41. The van der Waals surface area contributed by atoms with Gasteiger partial charge >= 0.3 is 6.18 Å². The van der Waals surface area contributed by atoms with Gasteiger partial charge < -0.3 is 15.3 Å². The van der Waals surface area contributed by atoms with E-state index in [4.69, 9.17) is 10.2 Å². The number of alkyl halides is 3. The summed E-state index contributed by atoms with van der Waals surface area (Å²) in [5.41, 5.74) is 0. The largest absolute Gasteiger partial charge is 0.414 e. The zero-order chi connectivity index (χ0) is 10.9. The predicted octanol–water partition coefficient (Wildman–Crippen LogP) is 0.432. The average molecular weight is 214 g/mol. The third-order valence-corrected chi connectivity index (χ3v) is 2.58. The fourth-order valence-electron chi connectivity index (χ4n) is 1.76. The molecule has 3 N–H and O–H groups in total. The van der Waals surface area contributed by atoms with Crippen LogP contribution in [0.5, 0.6) is 0 Å². The summed E-state index contributed by atoms with van der Waals surface area (Å²) in [7, 11) is 0. The van der Waals surface area contributed by atoms with Gasteiger partial charge in [-0.2, -0.15) is 13.2 Å². The molecule has 1 fully saturated rings. The summed E-state index contributed by atoms with van der Waals surface area (Å²) in [6.45, 7) is 0. The van der Waals surface area contributed by atoms with Crippen LogP contribution in [-0.4, -0.2) is 39.8 Å². The molecule has 3 nitrogen and oxygen atoms in total. The van der Waals surface area contributed by atoms with Crippen LogP contribution < -0.4 is 0 Å². The lowest BCUT2D eigenvalue weighted by atomic mass is 9.81. The summed E-state index contributed by atoms with van der Waals surface area (Å²) in [6.07, 6.45) is -9.16. The Hall–Kier alpha value is -0.330. The summed E-state index contributed by atoms with van der Waals surface area (Å²) in [5.74, 6) is -1.21. The normalized spacial score (nSPS) is 36.9. The van der Waals surface area contributed by atoms with E-state index in [-0.39, 0.29) is 19.3 Å². The molecule has 0 amide bonds. The highest BCUT2D eigenvalue weighted by Crippen LogP contribution is 2.34. The number of hydrogen-bond acceptors (Lipinski definition) is 3. The van der Waals surface area contributed by atoms with Crippen LogP contribution >= 0.6 is 0 Å². The average Bonchev–Trinajstić information content (AvgIpc) is 2.01. The van der Waals surface area contributed by atoms with E-state index >= 15 is 0 Å². The maximum absolute atomic E-state index is 12.1. The van der Waals surface area contributed by atoms with E-state index in [1.807, 2.05) is 0 Å². The minimum absolute atomic E-state index is 0.0109. The van der Waals surface area contributed by atoms with Crippen LogP contribution in [0.1, 0.15) is 19.3 Å². The number of aliphatic hydroxyl groups excluding tert-OH is 3. The van der Waals surface area contributed by atoms with Gasteiger partial charge in [0.25, 0.3) is 0 Å². The van der Waals surface area contributed by atoms with Crippen LogP contribution in [0.4, 0.5) is 13.2 Å². The second-order valence-electron chi connectivity index (χ2n) is 3.68. The molecule has 0 aliphatic heterocycles. The molecule has 0 aromatic heterocycles. The standard InChI is InChI=1S/C8H13F3O3/c9-8(10,11)7(14)5-2-1-4(12)3-6(5)13/h4-7,12-14H,1-3H2. The molecule has 1 aliphatic carbocycles. The Morgan fingerprint density at radius 3 is 2.14 bits per heavy atom. The van der Waals surface area contributed by atoms with Crippen LogP contribution in [0.3, 0.4) is 0 Å². The lowest BCUT2D eigenvalue weighted by Crippen LogP contribution is -2.45. The summed E-state index contributed by atoms with van der Waals surface area (Å²) >= 11 is 0. The molecule has 0 heterocycles.